The molecule has 1 atom stereocenters. The largest absolute Gasteiger partial charge is 0.462 e. The highest BCUT2D eigenvalue weighted by Gasteiger charge is 2.19. The molecule has 0 aliphatic carbocycles. The smallest absolute Gasteiger partial charge is 0.306 e. The summed E-state index contributed by atoms with van der Waals surface area (Å²) in [6.45, 7) is 6.50. The number of ether oxygens (including phenoxy) is 3. The highest BCUT2D eigenvalue weighted by atomic mass is 16.6. The van der Waals surface area contributed by atoms with Crippen molar-refractivity contribution in [3.8, 4) is 0 Å². The molecule has 6 heteroatoms. The summed E-state index contributed by atoms with van der Waals surface area (Å²) in [4.78, 5) is 38.4. The fourth-order valence-electron chi connectivity index (χ4n) is 9.29. The van der Waals surface area contributed by atoms with Crippen LogP contribution in [-0.2, 0) is 28.6 Å². The number of carbonyl (C=O) groups excluding carboxylic acids is 3. The quantitative estimate of drug-likeness (QED) is 0.0261. The van der Waals surface area contributed by atoms with Gasteiger partial charge in [-0.25, -0.2) is 0 Å². The van der Waals surface area contributed by atoms with Crippen LogP contribution in [0.3, 0.4) is 0 Å². The van der Waals surface area contributed by atoms with Crippen LogP contribution in [0.2, 0.25) is 0 Å². The van der Waals surface area contributed by atoms with Gasteiger partial charge < -0.3 is 14.2 Å². The van der Waals surface area contributed by atoms with Gasteiger partial charge in [0.25, 0.3) is 0 Å². The van der Waals surface area contributed by atoms with Gasteiger partial charge in [-0.1, -0.05) is 302 Å². The monoisotopic (exact) mass is 1130 g/mol. The summed E-state index contributed by atoms with van der Waals surface area (Å²) in [6.07, 6.45) is 97.5. The Morgan fingerprint density at radius 2 is 0.476 bits per heavy atom. The van der Waals surface area contributed by atoms with Crippen molar-refractivity contribution in [2.24, 2.45) is 0 Å². The Kier molecular flexibility index (Phi) is 65.3. The lowest BCUT2D eigenvalue weighted by atomic mass is 10.0. The molecule has 0 heterocycles. The minimum Gasteiger partial charge on any atom is -0.462 e. The maximum atomic E-state index is 12.9. The van der Waals surface area contributed by atoms with Gasteiger partial charge in [0.1, 0.15) is 13.2 Å². The highest BCUT2D eigenvalue weighted by molar-refractivity contribution is 5.71. The molecule has 82 heavy (non-hydrogen) atoms. The van der Waals surface area contributed by atoms with E-state index in [1.807, 2.05) is 0 Å². The zero-order chi connectivity index (χ0) is 59.2. The van der Waals surface area contributed by atoms with Crippen molar-refractivity contribution < 1.29 is 28.6 Å². The molecule has 0 spiro atoms. The summed E-state index contributed by atoms with van der Waals surface area (Å²) >= 11 is 0. The van der Waals surface area contributed by atoms with Gasteiger partial charge in [0, 0.05) is 19.3 Å². The molecule has 0 aliphatic rings. The first-order valence-electron chi connectivity index (χ1n) is 34.2. The topological polar surface area (TPSA) is 78.9 Å². The first-order valence-corrected chi connectivity index (χ1v) is 34.2. The molecule has 0 aliphatic heterocycles. The molecule has 0 saturated carbocycles. The summed E-state index contributed by atoms with van der Waals surface area (Å²) < 4.78 is 16.9. The third-order valence-corrected chi connectivity index (χ3v) is 14.4. The number of allylic oxidation sites excluding steroid dienone is 22. The maximum absolute atomic E-state index is 12.9. The van der Waals surface area contributed by atoms with Crippen molar-refractivity contribution in [1.29, 1.82) is 0 Å². The third kappa shape index (κ3) is 66.4. The van der Waals surface area contributed by atoms with Crippen LogP contribution in [0.15, 0.2) is 134 Å². The normalized spacial score (nSPS) is 13.0. The Labute approximate surface area is 506 Å². The maximum Gasteiger partial charge on any atom is 0.306 e. The van der Waals surface area contributed by atoms with E-state index in [2.05, 4.69) is 154 Å². The number of unbranched alkanes of at least 4 members (excludes halogenated alkanes) is 28. The van der Waals surface area contributed by atoms with E-state index in [9.17, 15) is 14.4 Å². The summed E-state index contributed by atoms with van der Waals surface area (Å²) in [6, 6.07) is 0. The Balaban J connectivity index is 4.35. The van der Waals surface area contributed by atoms with E-state index in [-0.39, 0.29) is 31.1 Å². The Bertz CT molecular complexity index is 1730. The van der Waals surface area contributed by atoms with Gasteiger partial charge in [0.05, 0.1) is 0 Å². The van der Waals surface area contributed by atoms with Crippen LogP contribution < -0.4 is 0 Å². The van der Waals surface area contributed by atoms with E-state index in [0.717, 1.165) is 148 Å². The molecule has 0 aromatic rings. The van der Waals surface area contributed by atoms with Gasteiger partial charge >= 0.3 is 17.9 Å². The van der Waals surface area contributed by atoms with Gasteiger partial charge in [-0.05, 0) is 122 Å². The molecule has 1 unspecified atom stereocenters. The molecule has 0 aromatic heterocycles. The van der Waals surface area contributed by atoms with Crippen molar-refractivity contribution in [2.75, 3.05) is 13.2 Å². The van der Waals surface area contributed by atoms with Crippen molar-refractivity contribution in [2.45, 2.75) is 316 Å². The number of carbonyl (C=O) groups is 3. The van der Waals surface area contributed by atoms with E-state index in [1.54, 1.807) is 0 Å². The second-order valence-corrected chi connectivity index (χ2v) is 22.4. The van der Waals surface area contributed by atoms with Crippen molar-refractivity contribution >= 4 is 17.9 Å². The zero-order valence-electron chi connectivity index (χ0n) is 53.5. The van der Waals surface area contributed by atoms with E-state index in [0.29, 0.717) is 19.3 Å². The van der Waals surface area contributed by atoms with Gasteiger partial charge in [0.15, 0.2) is 6.10 Å². The van der Waals surface area contributed by atoms with Gasteiger partial charge in [-0.2, -0.15) is 0 Å². The fourth-order valence-corrected chi connectivity index (χ4v) is 9.29. The van der Waals surface area contributed by atoms with E-state index in [4.69, 9.17) is 14.2 Å². The molecular weight excluding hydrogens is 1010 g/mol. The Morgan fingerprint density at radius 3 is 0.744 bits per heavy atom. The highest BCUT2D eigenvalue weighted by Crippen LogP contribution is 2.16. The Hall–Kier alpha value is -4.45. The van der Waals surface area contributed by atoms with Crippen LogP contribution in [0.25, 0.3) is 0 Å². The molecule has 0 bridgehead atoms. The van der Waals surface area contributed by atoms with Crippen molar-refractivity contribution in [1.82, 2.24) is 0 Å². The lowest BCUT2D eigenvalue weighted by Gasteiger charge is -2.18. The molecule has 0 radical (unpaired) electrons. The fraction of sp³-hybridized carbons (Fsp3) is 0.671. The predicted molar refractivity (Wildman–Crippen MR) is 357 cm³/mol. The molecule has 0 saturated heterocycles. The number of esters is 3. The summed E-state index contributed by atoms with van der Waals surface area (Å²) in [5.74, 6) is -0.911. The van der Waals surface area contributed by atoms with Gasteiger partial charge in [-0.15, -0.1) is 0 Å². The molecule has 0 amide bonds. The number of hydrogen-bond acceptors (Lipinski definition) is 6. The third-order valence-electron chi connectivity index (χ3n) is 14.4. The minimum atomic E-state index is -0.795. The summed E-state index contributed by atoms with van der Waals surface area (Å²) in [5, 5.41) is 0. The van der Waals surface area contributed by atoms with Crippen LogP contribution in [0.5, 0.6) is 0 Å². The molecular formula is C76H126O6. The average Bonchev–Trinajstić information content (AvgIpc) is 3.47. The van der Waals surface area contributed by atoms with Gasteiger partial charge in [-0.3, -0.25) is 14.4 Å². The van der Waals surface area contributed by atoms with Crippen molar-refractivity contribution in [3.63, 3.8) is 0 Å². The molecule has 0 rings (SSSR count). The molecule has 466 valence electrons. The first-order chi connectivity index (χ1) is 40.5. The molecule has 0 fully saturated rings. The van der Waals surface area contributed by atoms with E-state index in [1.165, 1.54) is 122 Å². The van der Waals surface area contributed by atoms with E-state index >= 15 is 0 Å². The van der Waals surface area contributed by atoms with Gasteiger partial charge in [0.2, 0.25) is 0 Å². The van der Waals surface area contributed by atoms with Crippen LogP contribution >= 0.6 is 0 Å². The van der Waals surface area contributed by atoms with E-state index < -0.39 is 6.10 Å². The molecule has 0 N–H and O–H groups in total. The number of hydrogen-bond donors (Lipinski definition) is 0. The van der Waals surface area contributed by atoms with Crippen LogP contribution in [0.4, 0.5) is 0 Å². The lowest BCUT2D eigenvalue weighted by Crippen LogP contribution is -2.30. The number of rotatable bonds is 61. The second-order valence-electron chi connectivity index (χ2n) is 22.4. The second kappa shape index (κ2) is 69.0. The van der Waals surface area contributed by atoms with Crippen molar-refractivity contribution in [3.05, 3.63) is 134 Å². The average molecular weight is 1140 g/mol. The molecule has 6 nitrogen and oxygen atoms in total. The van der Waals surface area contributed by atoms with Crippen LogP contribution in [-0.4, -0.2) is 37.2 Å². The predicted octanol–water partition coefficient (Wildman–Crippen LogP) is 23.7. The SMILES string of the molecule is CC/C=C\C/C=C\C/C=C\C/C=C\C/C=C\C/C=C\C/C=C\C/C=C\CCCCCCCCC(=O)OCC(COC(=O)CCCCCCCCCCCCCC)OC(=O)CCCCCCCC/C=C\C/C=C\C/C=C\CCCCCCC. The Morgan fingerprint density at radius 1 is 0.256 bits per heavy atom. The lowest BCUT2D eigenvalue weighted by molar-refractivity contribution is -0.167. The standard InChI is InChI=1S/C76H126O6/c1-4-7-10-13-16-19-22-25-27-29-31-33-34-35-36-37-38-39-40-41-42-44-45-47-49-51-54-57-60-63-66-69-75(78)81-72-73(71-80-74(77)68-65-62-59-56-53-24-21-18-15-12-9-6-3)82-76(79)70-67-64-61-58-55-52-50-48-46-43-32-30-28-26-23-20-17-14-11-8-5-2/h7,10,16,19,23,25-27,30-33,35-36,38-39,41-42,45-48,73H,4-6,8-9,11-15,17-18,20-22,24,28-29,34,37,40,43-44,49-72H2,1-3H3/b10-7-,19-16-,26-23-,27-25-,32-30-,33-31-,36-35-,39-38-,42-41-,47-45-,48-46-. The van der Waals surface area contributed by atoms with Crippen LogP contribution in [0.1, 0.15) is 310 Å². The van der Waals surface area contributed by atoms with Crippen LogP contribution in [0, 0.1) is 0 Å². The summed E-state index contributed by atoms with van der Waals surface area (Å²) in [5.41, 5.74) is 0. The first kappa shape index (κ1) is 77.5. The summed E-state index contributed by atoms with van der Waals surface area (Å²) in [7, 11) is 0. The molecule has 0 aromatic carbocycles. The zero-order valence-corrected chi connectivity index (χ0v) is 53.5. The minimum absolute atomic E-state index is 0.0888.